The van der Waals surface area contributed by atoms with Crippen molar-refractivity contribution in [3.63, 3.8) is 0 Å². The van der Waals surface area contributed by atoms with E-state index in [0.29, 0.717) is 12.5 Å². The molecule has 1 rings (SSSR count). The van der Waals surface area contributed by atoms with E-state index in [9.17, 15) is 0 Å². The minimum absolute atomic E-state index is 0.0627. The van der Waals surface area contributed by atoms with Crippen molar-refractivity contribution in [1.29, 1.82) is 0 Å². The summed E-state index contributed by atoms with van der Waals surface area (Å²) in [6.07, 6.45) is 0.492. The summed E-state index contributed by atoms with van der Waals surface area (Å²) in [6.45, 7) is 6.15. The minimum atomic E-state index is 0.0627. The second-order valence-electron chi connectivity index (χ2n) is 5.29. The molecule has 0 aliphatic heterocycles. The molecular weight excluding hydrogens is 252 g/mol. The summed E-state index contributed by atoms with van der Waals surface area (Å²) >= 11 is 0. The Morgan fingerprint density at radius 1 is 1.35 bits per heavy atom. The Hall–Kier alpha value is -1.59. The number of oxime groups is 1. The Morgan fingerprint density at radius 3 is 2.55 bits per heavy atom. The average Bonchev–Trinajstić information content (AvgIpc) is 2.46. The highest BCUT2D eigenvalue weighted by Crippen LogP contribution is 2.16. The van der Waals surface area contributed by atoms with Gasteiger partial charge in [0, 0.05) is 31.6 Å². The molecule has 0 aromatic heterocycles. The lowest BCUT2D eigenvalue weighted by Crippen LogP contribution is -2.36. The average molecular weight is 278 g/mol. The van der Waals surface area contributed by atoms with Gasteiger partial charge in [0.05, 0.1) is 0 Å². The molecule has 0 radical (unpaired) electrons. The molecule has 0 saturated heterocycles. The van der Waals surface area contributed by atoms with Gasteiger partial charge >= 0.3 is 0 Å². The number of amidine groups is 1. The van der Waals surface area contributed by atoms with Crippen LogP contribution in [0.1, 0.15) is 31.9 Å². The summed E-state index contributed by atoms with van der Waals surface area (Å²) in [4.78, 5) is 2.28. The molecule has 0 saturated carbocycles. The van der Waals surface area contributed by atoms with Gasteiger partial charge < -0.3 is 21.2 Å². The molecule has 1 aromatic carbocycles. The first-order valence-electron chi connectivity index (χ1n) is 6.99. The van der Waals surface area contributed by atoms with Crippen LogP contribution in [0, 0.1) is 0 Å². The third-order valence-corrected chi connectivity index (χ3v) is 3.48. The maximum absolute atomic E-state index is 8.74. The van der Waals surface area contributed by atoms with Gasteiger partial charge in [-0.3, -0.25) is 0 Å². The highest BCUT2D eigenvalue weighted by molar-refractivity contribution is 5.80. The number of rotatable bonds is 8. The van der Waals surface area contributed by atoms with Crippen LogP contribution in [-0.2, 0) is 0 Å². The number of nitrogens with one attached hydrogen (secondary N) is 1. The van der Waals surface area contributed by atoms with Gasteiger partial charge in [0.25, 0.3) is 0 Å². The summed E-state index contributed by atoms with van der Waals surface area (Å²) in [5.74, 6) is 0.239. The van der Waals surface area contributed by atoms with Crippen molar-refractivity contribution in [2.75, 3.05) is 20.1 Å². The molecule has 1 unspecified atom stereocenters. The molecule has 5 nitrogen and oxygen atoms in total. The predicted molar refractivity (Wildman–Crippen MR) is 83.0 cm³/mol. The lowest BCUT2D eigenvalue weighted by atomic mass is 10.0. The molecule has 20 heavy (non-hydrogen) atoms. The maximum atomic E-state index is 8.74. The van der Waals surface area contributed by atoms with Crippen LogP contribution in [0.4, 0.5) is 0 Å². The fraction of sp³-hybridized carbons (Fsp3) is 0.533. The van der Waals surface area contributed by atoms with Crippen molar-refractivity contribution < 1.29 is 5.21 Å². The summed E-state index contributed by atoms with van der Waals surface area (Å²) in [7, 11) is 2.10. The van der Waals surface area contributed by atoms with Crippen molar-refractivity contribution in [3.8, 4) is 0 Å². The van der Waals surface area contributed by atoms with Crippen molar-refractivity contribution in [2.24, 2.45) is 10.9 Å². The lowest BCUT2D eigenvalue weighted by molar-refractivity contribution is 0.269. The molecule has 5 heteroatoms. The number of likely N-dealkylation sites (N-methyl/N-ethyl adjacent to an activating group) is 1. The molecule has 0 spiro atoms. The van der Waals surface area contributed by atoms with E-state index in [0.717, 1.165) is 18.7 Å². The van der Waals surface area contributed by atoms with Crippen LogP contribution < -0.4 is 11.1 Å². The molecule has 112 valence electrons. The fourth-order valence-corrected chi connectivity index (χ4v) is 1.92. The normalized spacial score (nSPS) is 13.9. The summed E-state index contributed by atoms with van der Waals surface area (Å²) in [6, 6.07) is 10.7. The van der Waals surface area contributed by atoms with Gasteiger partial charge in [0.2, 0.25) is 0 Å². The smallest absolute Gasteiger partial charge is 0.141 e. The number of benzene rings is 1. The van der Waals surface area contributed by atoms with Gasteiger partial charge in [-0.1, -0.05) is 35.5 Å². The van der Waals surface area contributed by atoms with Crippen molar-refractivity contribution in [3.05, 3.63) is 35.9 Å². The number of nitrogens with two attached hydrogens (primary N) is 1. The Labute approximate surface area is 121 Å². The van der Waals surface area contributed by atoms with E-state index in [1.807, 2.05) is 18.2 Å². The van der Waals surface area contributed by atoms with E-state index >= 15 is 0 Å². The molecular formula is C15H26N4O. The topological polar surface area (TPSA) is 73.9 Å². The standard InChI is InChI=1S/C15H26N4O/c1-12(2)19(3)10-9-17-14(11-15(16)18-20)13-7-5-4-6-8-13/h4-8,12,14,17,20H,9-11H2,1-3H3,(H2,16,18). The van der Waals surface area contributed by atoms with E-state index in [-0.39, 0.29) is 11.9 Å². The quantitative estimate of drug-likeness (QED) is 0.293. The molecule has 0 fully saturated rings. The zero-order valence-corrected chi connectivity index (χ0v) is 12.6. The molecule has 0 aliphatic rings. The zero-order chi connectivity index (χ0) is 15.0. The minimum Gasteiger partial charge on any atom is -0.409 e. The maximum Gasteiger partial charge on any atom is 0.141 e. The van der Waals surface area contributed by atoms with Gasteiger partial charge in [-0.15, -0.1) is 0 Å². The van der Waals surface area contributed by atoms with E-state index in [1.165, 1.54) is 0 Å². The van der Waals surface area contributed by atoms with Crippen LogP contribution in [0.2, 0.25) is 0 Å². The second-order valence-corrected chi connectivity index (χ2v) is 5.29. The number of hydrogen-bond acceptors (Lipinski definition) is 4. The van der Waals surface area contributed by atoms with Crippen LogP contribution >= 0.6 is 0 Å². The molecule has 0 bridgehead atoms. The Bertz CT molecular complexity index is 406. The Kier molecular flexibility index (Phi) is 7.04. The van der Waals surface area contributed by atoms with E-state index in [1.54, 1.807) is 0 Å². The fourth-order valence-electron chi connectivity index (χ4n) is 1.92. The largest absolute Gasteiger partial charge is 0.409 e. The van der Waals surface area contributed by atoms with Gasteiger partial charge in [-0.25, -0.2) is 0 Å². The third-order valence-electron chi connectivity index (χ3n) is 3.48. The molecule has 0 heterocycles. The first-order valence-corrected chi connectivity index (χ1v) is 6.99. The van der Waals surface area contributed by atoms with Gasteiger partial charge in [-0.05, 0) is 26.5 Å². The third kappa shape index (κ3) is 5.59. The molecule has 0 amide bonds. The number of hydrogen-bond donors (Lipinski definition) is 3. The van der Waals surface area contributed by atoms with Gasteiger partial charge in [0.15, 0.2) is 0 Å². The molecule has 4 N–H and O–H groups in total. The number of nitrogens with zero attached hydrogens (tertiary/aromatic N) is 2. The molecule has 0 aliphatic carbocycles. The first kappa shape index (κ1) is 16.5. The van der Waals surface area contributed by atoms with E-state index in [2.05, 4.69) is 48.4 Å². The highest BCUT2D eigenvalue weighted by Gasteiger charge is 2.13. The van der Waals surface area contributed by atoms with E-state index in [4.69, 9.17) is 10.9 Å². The van der Waals surface area contributed by atoms with Crippen LogP contribution in [0.3, 0.4) is 0 Å². The van der Waals surface area contributed by atoms with E-state index < -0.39 is 0 Å². The first-order chi connectivity index (χ1) is 9.54. The predicted octanol–water partition coefficient (Wildman–Crippen LogP) is 1.79. The second kappa shape index (κ2) is 8.55. The van der Waals surface area contributed by atoms with Crippen LogP contribution in [-0.4, -0.2) is 42.1 Å². The summed E-state index contributed by atoms with van der Waals surface area (Å²) in [5.41, 5.74) is 6.79. The SMILES string of the molecule is CC(C)N(C)CCNC(CC(N)=NO)c1ccccc1. The van der Waals surface area contributed by atoms with Gasteiger partial charge in [0.1, 0.15) is 5.84 Å². The van der Waals surface area contributed by atoms with Crippen LogP contribution in [0.25, 0.3) is 0 Å². The summed E-state index contributed by atoms with van der Waals surface area (Å²) < 4.78 is 0. The van der Waals surface area contributed by atoms with Crippen LogP contribution in [0.15, 0.2) is 35.5 Å². The summed E-state index contributed by atoms with van der Waals surface area (Å²) in [5, 5.41) is 15.3. The Balaban J connectivity index is 2.60. The molecule has 1 atom stereocenters. The van der Waals surface area contributed by atoms with Crippen molar-refractivity contribution in [2.45, 2.75) is 32.4 Å². The lowest BCUT2D eigenvalue weighted by Gasteiger charge is -2.24. The highest BCUT2D eigenvalue weighted by atomic mass is 16.4. The Morgan fingerprint density at radius 2 is 2.00 bits per heavy atom. The van der Waals surface area contributed by atoms with Crippen LogP contribution in [0.5, 0.6) is 0 Å². The monoisotopic (exact) mass is 278 g/mol. The molecule has 1 aromatic rings. The van der Waals surface area contributed by atoms with Crippen molar-refractivity contribution in [1.82, 2.24) is 10.2 Å². The zero-order valence-electron chi connectivity index (χ0n) is 12.6. The van der Waals surface area contributed by atoms with Gasteiger partial charge in [-0.2, -0.15) is 0 Å². The van der Waals surface area contributed by atoms with Crippen molar-refractivity contribution >= 4 is 5.84 Å².